The van der Waals surface area contributed by atoms with Crippen molar-refractivity contribution in [3.05, 3.63) is 23.9 Å². The summed E-state index contributed by atoms with van der Waals surface area (Å²) in [4.78, 5) is 6.76. The number of pyridine rings is 1. The summed E-state index contributed by atoms with van der Waals surface area (Å²) in [5.74, 6) is 1.21. The van der Waals surface area contributed by atoms with Crippen molar-refractivity contribution in [2.45, 2.75) is 19.8 Å². The van der Waals surface area contributed by atoms with Gasteiger partial charge in [-0.1, -0.05) is 13.0 Å². The Kier molecular flexibility index (Phi) is 1.98. The number of anilines is 1. The van der Waals surface area contributed by atoms with Gasteiger partial charge in [-0.3, -0.25) is 0 Å². The highest BCUT2D eigenvalue weighted by atomic mass is 15.2. The van der Waals surface area contributed by atoms with E-state index < -0.39 is 0 Å². The first-order chi connectivity index (χ1) is 5.92. The average Bonchev–Trinajstić information content (AvgIpc) is 2.50. The molecule has 1 aromatic rings. The minimum absolute atomic E-state index is 1.14. The molecular weight excluding hydrogens is 148 g/mol. The van der Waals surface area contributed by atoms with E-state index in [2.05, 4.69) is 22.9 Å². The molecule has 0 N–H and O–H groups in total. The van der Waals surface area contributed by atoms with Crippen LogP contribution in [0.1, 0.15) is 18.9 Å². The van der Waals surface area contributed by atoms with Crippen LogP contribution >= 0.6 is 0 Å². The Morgan fingerprint density at radius 1 is 1.58 bits per heavy atom. The Morgan fingerprint density at radius 2 is 2.50 bits per heavy atom. The molecule has 2 heteroatoms. The van der Waals surface area contributed by atoms with Gasteiger partial charge < -0.3 is 4.90 Å². The predicted molar refractivity (Wildman–Crippen MR) is 50.4 cm³/mol. The predicted octanol–water partition coefficient (Wildman–Crippen LogP) is 1.85. The number of fused-ring (bicyclic) bond motifs is 1. The van der Waals surface area contributed by atoms with Crippen molar-refractivity contribution in [2.24, 2.45) is 0 Å². The van der Waals surface area contributed by atoms with Crippen molar-refractivity contribution in [1.29, 1.82) is 0 Å². The molecule has 0 saturated carbocycles. The highest BCUT2D eigenvalue weighted by Crippen LogP contribution is 2.24. The summed E-state index contributed by atoms with van der Waals surface area (Å²) in [6.07, 6.45) is 4.26. The van der Waals surface area contributed by atoms with Crippen molar-refractivity contribution >= 4 is 5.82 Å². The molecule has 2 heterocycles. The van der Waals surface area contributed by atoms with Gasteiger partial charge in [0.1, 0.15) is 5.82 Å². The van der Waals surface area contributed by atoms with Crippen LogP contribution in [-0.2, 0) is 6.42 Å². The third-order valence-corrected chi connectivity index (χ3v) is 2.31. The molecule has 0 bridgehead atoms. The van der Waals surface area contributed by atoms with Crippen molar-refractivity contribution in [1.82, 2.24) is 4.98 Å². The molecule has 0 saturated heterocycles. The monoisotopic (exact) mass is 162 g/mol. The summed E-state index contributed by atoms with van der Waals surface area (Å²) in [5, 5.41) is 0. The van der Waals surface area contributed by atoms with Gasteiger partial charge in [-0.25, -0.2) is 4.98 Å². The molecule has 2 rings (SSSR count). The fraction of sp³-hybridized carbons (Fsp3) is 0.500. The normalized spacial score (nSPS) is 14.9. The first-order valence-corrected chi connectivity index (χ1v) is 4.60. The van der Waals surface area contributed by atoms with E-state index in [1.54, 1.807) is 0 Å². The quantitative estimate of drug-likeness (QED) is 0.659. The zero-order valence-electron chi connectivity index (χ0n) is 7.45. The standard InChI is InChI=1S/C10H14N2/c1-2-7-12-8-5-9-4-3-6-11-10(9)12/h3-4,6H,2,5,7-8H2,1H3. The van der Waals surface area contributed by atoms with Crippen molar-refractivity contribution < 1.29 is 0 Å². The number of hydrogen-bond acceptors (Lipinski definition) is 2. The third kappa shape index (κ3) is 1.17. The summed E-state index contributed by atoms with van der Waals surface area (Å²) < 4.78 is 0. The maximum atomic E-state index is 4.39. The minimum Gasteiger partial charge on any atom is -0.356 e. The molecule has 2 nitrogen and oxygen atoms in total. The fourth-order valence-corrected chi connectivity index (χ4v) is 1.76. The van der Waals surface area contributed by atoms with Crippen molar-refractivity contribution in [3.8, 4) is 0 Å². The second-order valence-electron chi connectivity index (χ2n) is 3.22. The van der Waals surface area contributed by atoms with E-state index in [4.69, 9.17) is 0 Å². The molecule has 0 aromatic carbocycles. The molecular formula is C10H14N2. The molecule has 0 fully saturated rings. The summed E-state index contributed by atoms with van der Waals surface area (Å²) in [7, 11) is 0. The lowest BCUT2D eigenvalue weighted by atomic mass is 10.2. The molecule has 0 unspecified atom stereocenters. The molecule has 1 aliphatic heterocycles. The summed E-state index contributed by atoms with van der Waals surface area (Å²) in [6.45, 7) is 4.51. The van der Waals surface area contributed by atoms with Crippen LogP contribution in [-0.4, -0.2) is 18.1 Å². The average molecular weight is 162 g/mol. The van der Waals surface area contributed by atoms with Gasteiger partial charge >= 0.3 is 0 Å². The van der Waals surface area contributed by atoms with Crippen LogP contribution in [0.4, 0.5) is 5.82 Å². The first-order valence-electron chi connectivity index (χ1n) is 4.60. The van der Waals surface area contributed by atoms with Gasteiger partial charge in [0.05, 0.1) is 0 Å². The summed E-state index contributed by atoms with van der Waals surface area (Å²) >= 11 is 0. The Hall–Kier alpha value is -1.05. The Morgan fingerprint density at radius 3 is 3.33 bits per heavy atom. The minimum atomic E-state index is 1.14. The maximum absolute atomic E-state index is 4.39. The first kappa shape index (κ1) is 7.59. The third-order valence-electron chi connectivity index (χ3n) is 2.31. The SMILES string of the molecule is CCCN1CCc2cccnc21. The Balaban J connectivity index is 2.24. The van der Waals surface area contributed by atoms with Gasteiger partial charge in [0.2, 0.25) is 0 Å². The molecule has 0 amide bonds. The van der Waals surface area contributed by atoms with Gasteiger partial charge in [0.25, 0.3) is 0 Å². The summed E-state index contributed by atoms with van der Waals surface area (Å²) in [5.41, 5.74) is 1.41. The van der Waals surface area contributed by atoms with Gasteiger partial charge in [0, 0.05) is 19.3 Å². The number of nitrogens with zero attached hydrogens (tertiary/aromatic N) is 2. The molecule has 0 spiro atoms. The van der Waals surface area contributed by atoms with Crippen LogP contribution in [0.25, 0.3) is 0 Å². The van der Waals surface area contributed by atoms with Crippen LogP contribution in [0.5, 0.6) is 0 Å². The topological polar surface area (TPSA) is 16.1 Å². The largest absolute Gasteiger partial charge is 0.356 e. The van der Waals surface area contributed by atoms with E-state index in [-0.39, 0.29) is 0 Å². The molecule has 64 valence electrons. The van der Waals surface area contributed by atoms with Crippen molar-refractivity contribution in [2.75, 3.05) is 18.0 Å². The molecule has 1 aliphatic rings. The van der Waals surface area contributed by atoms with Gasteiger partial charge in [-0.2, -0.15) is 0 Å². The fourth-order valence-electron chi connectivity index (χ4n) is 1.76. The van der Waals surface area contributed by atoms with E-state index >= 15 is 0 Å². The van der Waals surface area contributed by atoms with Crippen LogP contribution in [0, 0.1) is 0 Å². The molecule has 0 atom stereocenters. The molecule has 0 aliphatic carbocycles. The van der Waals surface area contributed by atoms with E-state index in [9.17, 15) is 0 Å². The van der Waals surface area contributed by atoms with Gasteiger partial charge in [-0.05, 0) is 24.5 Å². The van der Waals surface area contributed by atoms with Crippen LogP contribution in [0.3, 0.4) is 0 Å². The lowest BCUT2D eigenvalue weighted by molar-refractivity contribution is 0.788. The van der Waals surface area contributed by atoms with E-state index in [0.29, 0.717) is 0 Å². The lowest BCUT2D eigenvalue weighted by Gasteiger charge is -2.16. The highest BCUT2D eigenvalue weighted by Gasteiger charge is 2.17. The molecule has 12 heavy (non-hydrogen) atoms. The Labute approximate surface area is 73.2 Å². The van der Waals surface area contributed by atoms with Crippen LogP contribution in [0.2, 0.25) is 0 Å². The van der Waals surface area contributed by atoms with E-state index in [0.717, 1.165) is 13.1 Å². The zero-order valence-corrected chi connectivity index (χ0v) is 7.45. The Bertz CT molecular complexity index is 268. The van der Waals surface area contributed by atoms with Crippen LogP contribution < -0.4 is 4.90 Å². The zero-order chi connectivity index (χ0) is 8.39. The van der Waals surface area contributed by atoms with E-state index in [1.807, 2.05) is 12.3 Å². The van der Waals surface area contributed by atoms with E-state index in [1.165, 1.54) is 24.2 Å². The maximum Gasteiger partial charge on any atom is 0.131 e. The second kappa shape index (κ2) is 3.13. The number of rotatable bonds is 2. The highest BCUT2D eigenvalue weighted by molar-refractivity contribution is 5.51. The smallest absolute Gasteiger partial charge is 0.131 e. The molecule has 1 aromatic heterocycles. The van der Waals surface area contributed by atoms with Gasteiger partial charge in [0.15, 0.2) is 0 Å². The van der Waals surface area contributed by atoms with Crippen LogP contribution in [0.15, 0.2) is 18.3 Å². The second-order valence-corrected chi connectivity index (χ2v) is 3.22. The van der Waals surface area contributed by atoms with Gasteiger partial charge in [-0.15, -0.1) is 0 Å². The summed E-state index contributed by atoms with van der Waals surface area (Å²) in [6, 6.07) is 4.20. The number of aromatic nitrogens is 1. The lowest BCUT2D eigenvalue weighted by Crippen LogP contribution is -2.21. The molecule has 0 radical (unpaired) electrons. The van der Waals surface area contributed by atoms with Crippen molar-refractivity contribution in [3.63, 3.8) is 0 Å². The number of hydrogen-bond donors (Lipinski definition) is 0.